The SMILES string of the molecule is O=C(CCc1nc(-c2cccc(Cl)c2)no1)Nc1ccc(Cl)cc1Cl. The van der Waals surface area contributed by atoms with Crippen molar-refractivity contribution in [2.75, 3.05) is 5.32 Å². The van der Waals surface area contributed by atoms with Gasteiger partial charge in [-0.15, -0.1) is 0 Å². The number of rotatable bonds is 5. The lowest BCUT2D eigenvalue weighted by Gasteiger charge is -2.06. The molecule has 0 aliphatic carbocycles. The van der Waals surface area contributed by atoms with Crippen molar-refractivity contribution >= 4 is 46.4 Å². The highest BCUT2D eigenvalue weighted by Crippen LogP contribution is 2.25. The molecule has 3 aromatic rings. The fraction of sp³-hybridized carbons (Fsp3) is 0.118. The average molecular weight is 397 g/mol. The Kier molecular flexibility index (Phi) is 5.58. The minimum absolute atomic E-state index is 0.177. The summed E-state index contributed by atoms with van der Waals surface area (Å²) in [7, 11) is 0. The molecule has 0 spiro atoms. The normalized spacial score (nSPS) is 10.7. The summed E-state index contributed by atoms with van der Waals surface area (Å²) in [4.78, 5) is 16.3. The zero-order valence-electron chi connectivity index (χ0n) is 12.8. The highest BCUT2D eigenvalue weighted by molar-refractivity contribution is 6.36. The molecule has 0 aliphatic rings. The summed E-state index contributed by atoms with van der Waals surface area (Å²) < 4.78 is 5.17. The van der Waals surface area contributed by atoms with Crippen molar-refractivity contribution < 1.29 is 9.32 Å². The number of amides is 1. The van der Waals surface area contributed by atoms with Gasteiger partial charge in [0, 0.05) is 28.5 Å². The van der Waals surface area contributed by atoms with E-state index in [4.69, 9.17) is 39.3 Å². The zero-order chi connectivity index (χ0) is 17.8. The third-order valence-corrected chi connectivity index (χ3v) is 4.10. The molecule has 0 radical (unpaired) electrons. The summed E-state index contributed by atoms with van der Waals surface area (Å²) in [5, 5.41) is 8.08. The second-order valence-corrected chi connectivity index (χ2v) is 6.47. The molecule has 25 heavy (non-hydrogen) atoms. The maximum absolute atomic E-state index is 12.0. The van der Waals surface area contributed by atoms with E-state index in [1.807, 2.05) is 6.07 Å². The van der Waals surface area contributed by atoms with Gasteiger partial charge in [0.15, 0.2) is 0 Å². The number of anilines is 1. The predicted molar refractivity (Wildman–Crippen MR) is 98.2 cm³/mol. The molecule has 1 aromatic heterocycles. The van der Waals surface area contributed by atoms with Gasteiger partial charge in [0.2, 0.25) is 17.6 Å². The van der Waals surface area contributed by atoms with Crippen LogP contribution in [0.15, 0.2) is 47.0 Å². The first-order valence-electron chi connectivity index (χ1n) is 7.35. The lowest BCUT2D eigenvalue weighted by Crippen LogP contribution is -2.12. The van der Waals surface area contributed by atoms with Crippen molar-refractivity contribution in [1.82, 2.24) is 10.1 Å². The molecule has 0 bridgehead atoms. The van der Waals surface area contributed by atoms with Gasteiger partial charge < -0.3 is 9.84 Å². The highest BCUT2D eigenvalue weighted by atomic mass is 35.5. The number of nitrogens with zero attached hydrogens (tertiary/aromatic N) is 2. The molecule has 3 rings (SSSR count). The maximum atomic E-state index is 12.0. The van der Waals surface area contributed by atoms with E-state index in [1.165, 1.54) is 0 Å². The van der Waals surface area contributed by atoms with Crippen LogP contribution in [0.1, 0.15) is 12.3 Å². The van der Waals surface area contributed by atoms with Crippen LogP contribution in [0.25, 0.3) is 11.4 Å². The van der Waals surface area contributed by atoms with Gasteiger partial charge in [-0.2, -0.15) is 4.98 Å². The summed E-state index contributed by atoms with van der Waals surface area (Å²) in [6.45, 7) is 0. The standard InChI is InChI=1S/C17H12Cl3N3O2/c18-11-3-1-2-10(8-11)17-22-16(25-23-17)7-6-15(24)21-14-5-4-12(19)9-13(14)20/h1-5,8-9H,6-7H2,(H,21,24). The van der Waals surface area contributed by atoms with Crippen LogP contribution in [0.5, 0.6) is 0 Å². The van der Waals surface area contributed by atoms with Gasteiger partial charge in [0.05, 0.1) is 10.7 Å². The number of halogens is 3. The lowest BCUT2D eigenvalue weighted by atomic mass is 10.2. The number of carbonyl (C=O) groups excluding carboxylic acids is 1. The minimum Gasteiger partial charge on any atom is -0.339 e. The van der Waals surface area contributed by atoms with Crippen LogP contribution in [-0.2, 0) is 11.2 Å². The lowest BCUT2D eigenvalue weighted by molar-refractivity contribution is -0.116. The minimum atomic E-state index is -0.216. The molecule has 0 fully saturated rings. The number of benzene rings is 2. The van der Waals surface area contributed by atoms with E-state index in [2.05, 4.69) is 15.5 Å². The number of aryl methyl sites for hydroxylation is 1. The number of carbonyl (C=O) groups is 1. The molecule has 0 saturated carbocycles. The summed E-state index contributed by atoms with van der Waals surface area (Å²) in [6.07, 6.45) is 0.487. The molecule has 0 aliphatic heterocycles. The van der Waals surface area contributed by atoms with Crippen LogP contribution in [0.2, 0.25) is 15.1 Å². The molecule has 128 valence electrons. The van der Waals surface area contributed by atoms with E-state index >= 15 is 0 Å². The Bertz CT molecular complexity index is 912. The van der Waals surface area contributed by atoms with Crippen molar-refractivity contribution in [1.29, 1.82) is 0 Å². The van der Waals surface area contributed by atoms with Gasteiger partial charge in [0.1, 0.15) is 0 Å². The Morgan fingerprint density at radius 1 is 1.08 bits per heavy atom. The van der Waals surface area contributed by atoms with Crippen LogP contribution in [-0.4, -0.2) is 16.0 Å². The van der Waals surface area contributed by atoms with Crippen LogP contribution < -0.4 is 5.32 Å². The van der Waals surface area contributed by atoms with Crippen molar-refractivity contribution in [3.63, 3.8) is 0 Å². The van der Waals surface area contributed by atoms with E-state index in [0.717, 1.165) is 5.56 Å². The van der Waals surface area contributed by atoms with Gasteiger partial charge in [0.25, 0.3) is 0 Å². The average Bonchev–Trinajstić information content (AvgIpc) is 3.05. The molecule has 1 amide bonds. The summed E-state index contributed by atoms with van der Waals surface area (Å²) in [5.41, 5.74) is 1.25. The molecule has 5 nitrogen and oxygen atoms in total. The van der Waals surface area contributed by atoms with Crippen molar-refractivity contribution in [2.24, 2.45) is 0 Å². The Morgan fingerprint density at radius 3 is 2.64 bits per heavy atom. The third kappa shape index (κ3) is 4.72. The van der Waals surface area contributed by atoms with E-state index in [0.29, 0.717) is 38.9 Å². The first kappa shape index (κ1) is 17.7. The quantitative estimate of drug-likeness (QED) is 0.638. The number of hydrogen-bond donors (Lipinski definition) is 1. The van der Waals surface area contributed by atoms with Gasteiger partial charge in [-0.1, -0.05) is 52.1 Å². The Balaban J connectivity index is 1.59. The third-order valence-electron chi connectivity index (χ3n) is 3.32. The van der Waals surface area contributed by atoms with E-state index in [1.54, 1.807) is 36.4 Å². The topological polar surface area (TPSA) is 68.0 Å². The highest BCUT2D eigenvalue weighted by Gasteiger charge is 2.12. The monoisotopic (exact) mass is 395 g/mol. The molecule has 1 heterocycles. The number of nitrogens with one attached hydrogen (secondary N) is 1. The summed E-state index contributed by atoms with van der Waals surface area (Å²) in [5.74, 6) is 0.581. The summed E-state index contributed by atoms with van der Waals surface area (Å²) in [6, 6.07) is 12.0. The van der Waals surface area contributed by atoms with Gasteiger partial charge in [-0.05, 0) is 30.3 Å². The molecule has 8 heteroatoms. The number of hydrogen-bond acceptors (Lipinski definition) is 4. The van der Waals surface area contributed by atoms with E-state index in [9.17, 15) is 4.79 Å². The van der Waals surface area contributed by atoms with Gasteiger partial charge >= 0.3 is 0 Å². The van der Waals surface area contributed by atoms with Crippen molar-refractivity contribution in [2.45, 2.75) is 12.8 Å². The molecule has 2 aromatic carbocycles. The zero-order valence-corrected chi connectivity index (χ0v) is 15.1. The number of aromatic nitrogens is 2. The van der Waals surface area contributed by atoms with Crippen LogP contribution >= 0.6 is 34.8 Å². The Hall–Kier alpha value is -2.08. The molecular formula is C17H12Cl3N3O2. The molecule has 0 saturated heterocycles. The Morgan fingerprint density at radius 2 is 1.88 bits per heavy atom. The molecule has 0 unspecified atom stereocenters. The van der Waals surface area contributed by atoms with E-state index in [-0.39, 0.29) is 12.3 Å². The second kappa shape index (κ2) is 7.87. The van der Waals surface area contributed by atoms with Crippen molar-refractivity contribution in [3.05, 3.63) is 63.4 Å². The molecule has 1 N–H and O–H groups in total. The van der Waals surface area contributed by atoms with Gasteiger partial charge in [-0.3, -0.25) is 4.79 Å². The van der Waals surface area contributed by atoms with Crippen molar-refractivity contribution in [3.8, 4) is 11.4 Å². The molecule has 0 atom stereocenters. The molecular weight excluding hydrogens is 385 g/mol. The fourth-order valence-corrected chi connectivity index (χ4v) is 2.77. The smallest absolute Gasteiger partial charge is 0.227 e. The fourth-order valence-electron chi connectivity index (χ4n) is 2.13. The summed E-state index contributed by atoms with van der Waals surface area (Å²) >= 11 is 17.8. The predicted octanol–water partition coefficient (Wildman–Crippen LogP) is 5.27. The first-order chi connectivity index (χ1) is 12.0. The first-order valence-corrected chi connectivity index (χ1v) is 8.48. The van der Waals surface area contributed by atoms with Gasteiger partial charge in [-0.25, -0.2) is 0 Å². The van der Waals surface area contributed by atoms with E-state index < -0.39 is 0 Å². The Labute approximate surface area is 158 Å². The van der Waals surface area contributed by atoms with Crippen LogP contribution in [0.3, 0.4) is 0 Å². The maximum Gasteiger partial charge on any atom is 0.227 e. The van der Waals surface area contributed by atoms with Crippen LogP contribution in [0, 0.1) is 0 Å². The second-order valence-electron chi connectivity index (χ2n) is 5.19. The van der Waals surface area contributed by atoms with Crippen LogP contribution in [0.4, 0.5) is 5.69 Å². The largest absolute Gasteiger partial charge is 0.339 e.